The summed E-state index contributed by atoms with van der Waals surface area (Å²) in [4.78, 5) is 31.9. The van der Waals surface area contributed by atoms with Gasteiger partial charge < -0.3 is 14.8 Å². The summed E-state index contributed by atoms with van der Waals surface area (Å²) in [7, 11) is 0. The van der Waals surface area contributed by atoms with Crippen LogP contribution >= 0.6 is 0 Å². The lowest BCUT2D eigenvalue weighted by Crippen LogP contribution is -2.44. The second kappa shape index (κ2) is 7.71. The molecule has 1 aliphatic rings. The van der Waals surface area contributed by atoms with Gasteiger partial charge in [0.2, 0.25) is 11.8 Å². The van der Waals surface area contributed by atoms with Crippen LogP contribution in [0.2, 0.25) is 0 Å². The van der Waals surface area contributed by atoms with Gasteiger partial charge in [-0.25, -0.2) is 4.98 Å². The number of hydrogen-bond acceptors (Lipinski definition) is 3. The number of nitrogens with zero attached hydrogens (tertiary/aromatic N) is 3. The van der Waals surface area contributed by atoms with E-state index in [0.717, 1.165) is 29.7 Å². The number of hydrogen-bond donors (Lipinski definition) is 1. The van der Waals surface area contributed by atoms with Gasteiger partial charge >= 0.3 is 0 Å². The molecule has 0 spiro atoms. The zero-order valence-corrected chi connectivity index (χ0v) is 16.9. The predicted molar refractivity (Wildman–Crippen MR) is 106 cm³/mol. The molecule has 1 aliphatic carbocycles. The highest BCUT2D eigenvalue weighted by Gasteiger charge is 2.31. The normalized spacial score (nSPS) is 15.4. The van der Waals surface area contributed by atoms with Gasteiger partial charge in [-0.2, -0.15) is 0 Å². The Kier molecular flexibility index (Phi) is 5.53. The standard InChI is InChI=1S/C21H30N4O2/c1-13(2)25(14(3)4)19(26)12-24-18-9-7-6-8-17(18)23-20(24)15(5)22-21(27)16-10-11-16/h6-9,13-16H,10-12H2,1-5H3,(H,22,27). The SMILES string of the molecule is CC(NC(=O)C1CC1)c1nc2ccccc2n1CC(=O)N(C(C)C)C(C)C. The molecule has 6 nitrogen and oxygen atoms in total. The first-order valence-corrected chi connectivity index (χ1v) is 9.86. The lowest BCUT2D eigenvalue weighted by molar-refractivity contribution is -0.135. The van der Waals surface area contributed by atoms with E-state index in [1.54, 1.807) is 0 Å². The maximum Gasteiger partial charge on any atom is 0.243 e. The largest absolute Gasteiger partial charge is 0.346 e. The van der Waals surface area contributed by atoms with E-state index in [0.29, 0.717) is 0 Å². The highest BCUT2D eigenvalue weighted by molar-refractivity contribution is 5.83. The quantitative estimate of drug-likeness (QED) is 0.813. The van der Waals surface area contributed by atoms with E-state index in [1.807, 2.05) is 68.4 Å². The van der Waals surface area contributed by atoms with Crippen LogP contribution < -0.4 is 5.32 Å². The summed E-state index contributed by atoms with van der Waals surface area (Å²) in [6.07, 6.45) is 1.93. The first-order chi connectivity index (χ1) is 12.8. The lowest BCUT2D eigenvalue weighted by Gasteiger charge is -2.31. The molecule has 1 aromatic heterocycles. The molecule has 3 rings (SSSR count). The van der Waals surface area contributed by atoms with E-state index in [9.17, 15) is 9.59 Å². The van der Waals surface area contributed by atoms with Gasteiger partial charge in [0.25, 0.3) is 0 Å². The maximum absolute atomic E-state index is 13.0. The number of para-hydroxylation sites is 2. The van der Waals surface area contributed by atoms with Crippen LogP contribution in [0, 0.1) is 5.92 Å². The van der Waals surface area contributed by atoms with Crippen molar-refractivity contribution in [3.8, 4) is 0 Å². The van der Waals surface area contributed by atoms with Crippen molar-refractivity contribution in [1.82, 2.24) is 19.8 Å². The van der Waals surface area contributed by atoms with E-state index in [4.69, 9.17) is 4.98 Å². The van der Waals surface area contributed by atoms with Gasteiger partial charge in [0, 0.05) is 18.0 Å². The minimum Gasteiger partial charge on any atom is -0.346 e. The van der Waals surface area contributed by atoms with E-state index in [1.165, 1.54) is 0 Å². The van der Waals surface area contributed by atoms with Gasteiger partial charge in [0.05, 0.1) is 17.1 Å². The molecule has 2 aromatic rings. The third-order valence-electron chi connectivity index (χ3n) is 5.07. The summed E-state index contributed by atoms with van der Waals surface area (Å²) >= 11 is 0. The van der Waals surface area contributed by atoms with Crippen LogP contribution in [0.25, 0.3) is 11.0 Å². The average molecular weight is 370 g/mol. The number of rotatable bonds is 7. The van der Waals surface area contributed by atoms with Crippen LogP contribution in [0.5, 0.6) is 0 Å². The number of carbonyl (C=O) groups is 2. The van der Waals surface area contributed by atoms with Crippen molar-refractivity contribution in [2.45, 2.75) is 72.1 Å². The molecule has 6 heteroatoms. The van der Waals surface area contributed by atoms with Crippen molar-refractivity contribution in [1.29, 1.82) is 0 Å². The minimum atomic E-state index is -0.246. The van der Waals surface area contributed by atoms with Crippen molar-refractivity contribution in [3.63, 3.8) is 0 Å². The molecule has 0 radical (unpaired) electrons. The molecule has 1 heterocycles. The molecule has 0 aliphatic heterocycles. The molecule has 0 saturated heterocycles. The van der Waals surface area contributed by atoms with E-state index in [-0.39, 0.29) is 42.4 Å². The summed E-state index contributed by atoms with van der Waals surface area (Å²) in [6, 6.07) is 7.81. The topological polar surface area (TPSA) is 67.2 Å². The fourth-order valence-electron chi connectivity index (χ4n) is 3.72. The Balaban J connectivity index is 1.92. The molecule has 1 aromatic carbocycles. The summed E-state index contributed by atoms with van der Waals surface area (Å²) < 4.78 is 1.95. The highest BCUT2D eigenvalue weighted by atomic mass is 16.2. The zero-order chi connectivity index (χ0) is 19.7. The second-order valence-corrected chi connectivity index (χ2v) is 8.04. The monoisotopic (exact) mass is 370 g/mol. The van der Waals surface area contributed by atoms with E-state index in [2.05, 4.69) is 5.32 Å². The lowest BCUT2D eigenvalue weighted by atomic mass is 10.2. The van der Waals surface area contributed by atoms with Crippen molar-refractivity contribution < 1.29 is 9.59 Å². The number of benzene rings is 1. The molecular formula is C21H30N4O2. The van der Waals surface area contributed by atoms with Crippen LogP contribution in [-0.4, -0.2) is 38.3 Å². The van der Waals surface area contributed by atoms with Crippen molar-refractivity contribution >= 4 is 22.8 Å². The Hall–Kier alpha value is -2.37. The molecule has 1 atom stereocenters. The number of amides is 2. The highest BCUT2D eigenvalue weighted by Crippen LogP contribution is 2.30. The number of imidazole rings is 1. The fourth-order valence-corrected chi connectivity index (χ4v) is 3.72. The Morgan fingerprint density at radius 1 is 1.15 bits per heavy atom. The summed E-state index contributed by atoms with van der Waals surface area (Å²) in [5, 5.41) is 3.06. The molecule has 0 bridgehead atoms. The van der Waals surface area contributed by atoms with Crippen LogP contribution in [0.15, 0.2) is 24.3 Å². The predicted octanol–water partition coefficient (Wildman–Crippen LogP) is 3.27. The van der Waals surface area contributed by atoms with E-state index >= 15 is 0 Å². The van der Waals surface area contributed by atoms with Crippen LogP contribution in [0.1, 0.15) is 59.3 Å². The Morgan fingerprint density at radius 2 is 1.78 bits per heavy atom. The van der Waals surface area contributed by atoms with Gasteiger partial charge in [0.15, 0.2) is 0 Å². The molecule has 146 valence electrons. The smallest absolute Gasteiger partial charge is 0.243 e. The molecule has 1 N–H and O–H groups in total. The Labute approximate surface area is 160 Å². The Morgan fingerprint density at radius 3 is 2.37 bits per heavy atom. The molecule has 2 amide bonds. The molecular weight excluding hydrogens is 340 g/mol. The molecule has 1 unspecified atom stereocenters. The minimum absolute atomic E-state index is 0.0603. The van der Waals surface area contributed by atoms with Gasteiger partial charge in [-0.3, -0.25) is 9.59 Å². The van der Waals surface area contributed by atoms with Crippen LogP contribution in [-0.2, 0) is 16.1 Å². The van der Waals surface area contributed by atoms with Gasteiger partial charge in [-0.05, 0) is 59.6 Å². The van der Waals surface area contributed by atoms with Crippen molar-refractivity contribution in [2.75, 3.05) is 0 Å². The van der Waals surface area contributed by atoms with E-state index < -0.39 is 0 Å². The Bertz CT molecular complexity index is 828. The molecule has 1 fully saturated rings. The summed E-state index contributed by atoms with van der Waals surface area (Å²) in [5.74, 6) is 1.01. The molecule has 27 heavy (non-hydrogen) atoms. The third-order valence-corrected chi connectivity index (χ3v) is 5.07. The maximum atomic E-state index is 13.0. The van der Waals surface area contributed by atoms with Crippen molar-refractivity contribution in [3.05, 3.63) is 30.1 Å². The first kappa shape index (κ1) is 19.4. The van der Waals surface area contributed by atoms with Gasteiger partial charge in [0.1, 0.15) is 12.4 Å². The first-order valence-electron chi connectivity index (χ1n) is 9.86. The number of carbonyl (C=O) groups excluding carboxylic acids is 2. The van der Waals surface area contributed by atoms with Crippen LogP contribution in [0.4, 0.5) is 0 Å². The van der Waals surface area contributed by atoms with Crippen LogP contribution in [0.3, 0.4) is 0 Å². The van der Waals surface area contributed by atoms with Gasteiger partial charge in [-0.15, -0.1) is 0 Å². The van der Waals surface area contributed by atoms with Gasteiger partial charge in [-0.1, -0.05) is 12.1 Å². The third kappa shape index (κ3) is 4.15. The summed E-state index contributed by atoms with van der Waals surface area (Å²) in [6.45, 7) is 10.3. The fraction of sp³-hybridized carbons (Fsp3) is 0.571. The second-order valence-electron chi connectivity index (χ2n) is 8.04. The number of fused-ring (bicyclic) bond motifs is 1. The van der Waals surface area contributed by atoms with Crippen molar-refractivity contribution in [2.24, 2.45) is 5.92 Å². The molecule has 1 saturated carbocycles. The number of aromatic nitrogens is 2. The summed E-state index contributed by atoms with van der Waals surface area (Å²) in [5.41, 5.74) is 1.76. The average Bonchev–Trinajstić information content (AvgIpc) is 3.37. The number of nitrogens with one attached hydrogen (secondary N) is 1. The zero-order valence-electron chi connectivity index (χ0n) is 16.9.